The van der Waals surface area contributed by atoms with Crippen molar-refractivity contribution in [3.8, 4) is 0 Å². The fourth-order valence-corrected chi connectivity index (χ4v) is 3.72. The van der Waals surface area contributed by atoms with Crippen LogP contribution in [-0.4, -0.2) is 72.3 Å². The summed E-state index contributed by atoms with van der Waals surface area (Å²) in [6, 6.07) is 4.15. The Labute approximate surface area is 157 Å². The fraction of sp³-hybridized carbons (Fsp3) is 0.700. The van der Waals surface area contributed by atoms with Crippen LogP contribution in [0.25, 0.3) is 0 Å². The van der Waals surface area contributed by atoms with Crippen molar-refractivity contribution in [2.24, 2.45) is 5.92 Å². The van der Waals surface area contributed by atoms with Crippen molar-refractivity contribution >= 4 is 11.8 Å². The van der Waals surface area contributed by atoms with Gasteiger partial charge < -0.3 is 14.5 Å². The highest BCUT2D eigenvalue weighted by atomic mass is 16.6. The van der Waals surface area contributed by atoms with Gasteiger partial charge in [0, 0.05) is 52.0 Å². The second kappa shape index (κ2) is 8.25. The second-order valence-electron chi connectivity index (χ2n) is 8.41. The van der Waals surface area contributed by atoms with Crippen molar-refractivity contribution in [3.05, 3.63) is 24.5 Å². The van der Waals surface area contributed by atoms with E-state index < -0.39 is 5.60 Å². The zero-order valence-corrected chi connectivity index (χ0v) is 16.4. The van der Waals surface area contributed by atoms with Crippen LogP contribution in [0.15, 0.2) is 24.5 Å². The van der Waals surface area contributed by atoms with Crippen molar-refractivity contribution in [1.29, 1.82) is 0 Å². The summed E-state index contributed by atoms with van der Waals surface area (Å²) in [5.41, 5.74) is 0.813. The molecule has 0 aromatic carbocycles. The summed E-state index contributed by atoms with van der Waals surface area (Å²) >= 11 is 0. The van der Waals surface area contributed by atoms with Crippen LogP contribution < -0.4 is 4.90 Å². The molecule has 0 aliphatic carbocycles. The van der Waals surface area contributed by atoms with Crippen LogP contribution in [0.5, 0.6) is 0 Å². The summed E-state index contributed by atoms with van der Waals surface area (Å²) in [6.45, 7) is 12.5. The van der Waals surface area contributed by atoms with Crippen molar-refractivity contribution in [2.75, 3.05) is 50.7 Å². The van der Waals surface area contributed by atoms with Gasteiger partial charge in [0.05, 0.1) is 11.9 Å². The van der Waals surface area contributed by atoms with Gasteiger partial charge in [0.2, 0.25) is 0 Å². The first-order chi connectivity index (χ1) is 12.4. The van der Waals surface area contributed by atoms with E-state index in [-0.39, 0.29) is 6.09 Å². The molecular formula is C20H32N4O2. The molecule has 0 atom stereocenters. The lowest BCUT2D eigenvalue weighted by Crippen LogP contribution is -2.51. The average molecular weight is 361 g/mol. The van der Waals surface area contributed by atoms with E-state index in [4.69, 9.17) is 4.74 Å². The minimum Gasteiger partial charge on any atom is -0.444 e. The Morgan fingerprint density at radius 1 is 1.15 bits per heavy atom. The smallest absolute Gasteiger partial charge is 0.410 e. The fourth-order valence-electron chi connectivity index (χ4n) is 3.72. The molecule has 1 amide bonds. The van der Waals surface area contributed by atoms with E-state index >= 15 is 0 Å². The molecule has 0 bridgehead atoms. The predicted molar refractivity (Wildman–Crippen MR) is 103 cm³/mol. The maximum Gasteiger partial charge on any atom is 0.410 e. The van der Waals surface area contributed by atoms with Gasteiger partial charge in [0.25, 0.3) is 0 Å². The zero-order valence-electron chi connectivity index (χ0n) is 16.4. The monoisotopic (exact) mass is 360 g/mol. The lowest BCUT2D eigenvalue weighted by atomic mass is 9.95. The Balaban J connectivity index is 1.38. The number of aromatic nitrogens is 1. The molecule has 144 valence electrons. The number of hydrogen-bond acceptors (Lipinski definition) is 5. The maximum absolute atomic E-state index is 12.2. The van der Waals surface area contributed by atoms with Crippen LogP contribution in [-0.2, 0) is 4.74 Å². The Kier molecular flexibility index (Phi) is 6.01. The van der Waals surface area contributed by atoms with Gasteiger partial charge in [-0.25, -0.2) is 4.79 Å². The molecule has 0 saturated carbocycles. The number of rotatable bonds is 3. The molecule has 2 aliphatic rings. The van der Waals surface area contributed by atoms with E-state index in [1.165, 1.54) is 18.5 Å². The topological polar surface area (TPSA) is 48.9 Å². The van der Waals surface area contributed by atoms with Crippen molar-refractivity contribution in [2.45, 2.75) is 39.2 Å². The number of nitrogens with zero attached hydrogens (tertiary/aromatic N) is 4. The molecule has 3 heterocycles. The van der Waals surface area contributed by atoms with Gasteiger partial charge in [-0.3, -0.25) is 9.88 Å². The number of ether oxygens (including phenoxy) is 1. The van der Waals surface area contributed by atoms with Crippen LogP contribution in [0.1, 0.15) is 33.6 Å². The number of pyridine rings is 1. The van der Waals surface area contributed by atoms with Crippen LogP contribution in [0.3, 0.4) is 0 Å². The number of amides is 1. The minimum atomic E-state index is -0.420. The predicted octanol–water partition coefficient (Wildman–Crippen LogP) is 2.85. The van der Waals surface area contributed by atoms with Crippen LogP contribution in [0.4, 0.5) is 10.5 Å². The number of carbonyl (C=O) groups is 1. The maximum atomic E-state index is 12.2. The van der Waals surface area contributed by atoms with E-state index in [9.17, 15) is 4.79 Å². The van der Waals surface area contributed by atoms with Gasteiger partial charge in [-0.15, -0.1) is 0 Å². The number of piperidine rings is 1. The molecule has 1 aromatic heterocycles. The third-order valence-corrected chi connectivity index (χ3v) is 5.17. The van der Waals surface area contributed by atoms with E-state index in [1.807, 2.05) is 44.1 Å². The molecule has 6 heteroatoms. The largest absolute Gasteiger partial charge is 0.444 e. The quantitative estimate of drug-likeness (QED) is 0.830. The van der Waals surface area contributed by atoms with Crippen LogP contribution >= 0.6 is 0 Å². The third-order valence-electron chi connectivity index (χ3n) is 5.17. The zero-order chi connectivity index (χ0) is 18.6. The Morgan fingerprint density at radius 3 is 2.42 bits per heavy atom. The van der Waals surface area contributed by atoms with Crippen molar-refractivity contribution in [3.63, 3.8) is 0 Å². The summed E-state index contributed by atoms with van der Waals surface area (Å²) in [4.78, 5) is 23.2. The Hall–Kier alpha value is -1.82. The lowest BCUT2D eigenvalue weighted by molar-refractivity contribution is 0.0130. The van der Waals surface area contributed by atoms with Gasteiger partial charge in [-0.05, 0) is 51.7 Å². The van der Waals surface area contributed by atoms with E-state index in [1.54, 1.807) is 0 Å². The molecule has 6 nitrogen and oxygen atoms in total. The van der Waals surface area contributed by atoms with Crippen molar-refractivity contribution < 1.29 is 9.53 Å². The molecule has 0 spiro atoms. The number of hydrogen-bond donors (Lipinski definition) is 0. The van der Waals surface area contributed by atoms with Crippen LogP contribution in [0, 0.1) is 5.92 Å². The summed E-state index contributed by atoms with van der Waals surface area (Å²) in [5.74, 6) is 0.746. The Bertz CT molecular complexity index is 571. The van der Waals surface area contributed by atoms with E-state index in [0.717, 1.165) is 51.7 Å². The number of piperazine rings is 1. The SMILES string of the molecule is CC(C)(C)OC(=O)N1CCN(CC2CCN(c3cccnc3)CC2)CC1. The van der Waals surface area contributed by atoms with Gasteiger partial charge in [0.15, 0.2) is 0 Å². The highest BCUT2D eigenvalue weighted by Crippen LogP contribution is 2.23. The number of carbonyl (C=O) groups excluding carboxylic acids is 1. The third kappa shape index (κ3) is 5.34. The van der Waals surface area contributed by atoms with E-state index in [2.05, 4.69) is 20.9 Å². The summed E-state index contributed by atoms with van der Waals surface area (Å²) < 4.78 is 5.47. The molecule has 1 aromatic rings. The molecule has 3 rings (SSSR count). The van der Waals surface area contributed by atoms with Crippen molar-refractivity contribution in [1.82, 2.24) is 14.8 Å². The Morgan fingerprint density at radius 2 is 1.85 bits per heavy atom. The molecule has 2 saturated heterocycles. The molecule has 0 N–H and O–H groups in total. The van der Waals surface area contributed by atoms with Gasteiger partial charge in [-0.2, -0.15) is 0 Å². The average Bonchev–Trinajstić information content (AvgIpc) is 2.62. The van der Waals surface area contributed by atoms with E-state index in [0.29, 0.717) is 0 Å². The second-order valence-corrected chi connectivity index (χ2v) is 8.41. The first kappa shape index (κ1) is 19.0. The minimum absolute atomic E-state index is 0.179. The summed E-state index contributed by atoms with van der Waals surface area (Å²) in [5, 5.41) is 0. The summed E-state index contributed by atoms with van der Waals surface area (Å²) in [6.07, 6.45) is 6.05. The molecule has 0 radical (unpaired) electrons. The van der Waals surface area contributed by atoms with Gasteiger partial charge in [-0.1, -0.05) is 0 Å². The highest BCUT2D eigenvalue weighted by molar-refractivity contribution is 5.68. The first-order valence-electron chi connectivity index (χ1n) is 9.76. The molecule has 0 unspecified atom stereocenters. The highest BCUT2D eigenvalue weighted by Gasteiger charge is 2.28. The molecular weight excluding hydrogens is 328 g/mol. The molecule has 26 heavy (non-hydrogen) atoms. The molecule has 2 aliphatic heterocycles. The van der Waals surface area contributed by atoms with Crippen LogP contribution in [0.2, 0.25) is 0 Å². The lowest BCUT2D eigenvalue weighted by Gasteiger charge is -2.39. The summed E-state index contributed by atoms with van der Waals surface area (Å²) in [7, 11) is 0. The number of anilines is 1. The van der Waals surface area contributed by atoms with Gasteiger partial charge >= 0.3 is 6.09 Å². The normalized spacial score (nSPS) is 20.3. The first-order valence-corrected chi connectivity index (χ1v) is 9.76. The van der Waals surface area contributed by atoms with Gasteiger partial charge in [0.1, 0.15) is 5.60 Å². The standard InChI is InChI=1S/C20H32N4O2/c1-20(2,3)26-19(25)24-13-11-22(12-14-24)16-17-6-9-23(10-7-17)18-5-4-8-21-15-18/h4-5,8,15,17H,6-7,9-14,16H2,1-3H3. The molecule has 2 fully saturated rings.